The van der Waals surface area contributed by atoms with Gasteiger partial charge >= 0.3 is 0 Å². The van der Waals surface area contributed by atoms with E-state index < -0.39 is 0 Å². The molecular formula is C48H35N3. The van der Waals surface area contributed by atoms with E-state index in [0.29, 0.717) is 0 Å². The van der Waals surface area contributed by atoms with E-state index in [9.17, 15) is 0 Å². The first-order chi connectivity index (χ1) is 25.2. The number of hydrogen-bond acceptors (Lipinski definition) is 1. The SMILES string of the molecule is C=C/C=C(\C=C)c1cccc2c1c1ccccc1n2-c1cc(N(c2ccccc2)c2cccc(-c3ccccc3)c2)cc2c1[nH]c1ccccc12. The van der Waals surface area contributed by atoms with Gasteiger partial charge < -0.3 is 14.5 Å². The van der Waals surface area contributed by atoms with Crippen molar-refractivity contribution in [3.05, 3.63) is 201 Å². The van der Waals surface area contributed by atoms with Gasteiger partial charge in [0.25, 0.3) is 0 Å². The minimum atomic E-state index is 1.04. The molecule has 0 amide bonds. The third-order valence-electron chi connectivity index (χ3n) is 9.83. The summed E-state index contributed by atoms with van der Waals surface area (Å²) in [4.78, 5) is 6.20. The molecule has 0 aliphatic rings. The Balaban J connectivity index is 1.39. The Bertz CT molecular complexity index is 2780. The van der Waals surface area contributed by atoms with Crippen molar-refractivity contribution >= 4 is 66.2 Å². The minimum absolute atomic E-state index is 1.04. The molecule has 0 unspecified atom stereocenters. The van der Waals surface area contributed by atoms with Gasteiger partial charge in [-0.1, -0.05) is 141 Å². The zero-order valence-corrected chi connectivity index (χ0v) is 28.1. The number of rotatable bonds is 8. The number of nitrogens with zero attached hydrogens (tertiary/aromatic N) is 2. The van der Waals surface area contributed by atoms with Crippen molar-refractivity contribution in [1.82, 2.24) is 9.55 Å². The molecule has 0 atom stereocenters. The molecule has 9 aromatic rings. The van der Waals surface area contributed by atoms with Gasteiger partial charge in [0.2, 0.25) is 0 Å². The van der Waals surface area contributed by atoms with Crippen LogP contribution in [0, 0.1) is 0 Å². The fourth-order valence-corrected chi connectivity index (χ4v) is 7.62. The smallest absolute Gasteiger partial charge is 0.0724 e. The normalized spacial score (nSPS) is 11.8. The van der Waals surface area contributed by atoms with Gasteiger partial charge in [0.1, 0.15) is 0 Å². The first-order valence-corrected chi connectivity index (χ1v) is 17.3. The molecule has 3 heteroatoms. The number of para-hydroxylation sites is 3. The van der Waals surface area contributed by atoms with Crippen LogP contribution in [0.15, 0.2) is 195 Å². The lowest BCUT2D eigenvalue weighted by Crippen LogP contribution is -2.11. The highest BCUT2D eigenvalue weighted by molar-refractivity contribution is 6.17. The molecule has 0 aliphatic heterocycles. The summed E-state index contributed by atoms with van der Waals surface area (Å²) in [6, 6.07) is 58.6. The molecule has 0 aliphatic carbocycles. The van der Waals surface area contributed by atoms with Crippen LogP contribution < -0.4 is 4.90 Å². The Morgan fingerprint density at radius 1 is 0.549 bits per heavy atom. The summed E-state index contributed by atoms with van der Waals surface area (Å²) in [6.45, 7) is 8.14. The van der Waals surface area contributed by atoms with Gasteiger partial charge in [-0.25, -0.2) is 0 Å². The largest absolute Gasteiger partial charge is 0.353 e. The third-order valence-corrected chi connectivity index (χ3v) is 9.83. The average molecular weight is 654 g/mol. The molecule has 2 aromatic heterocycles. The Morgan fingerprint density at radius 3 is 2.02 bits per heavy atom. The van der Waals surface area contributed by atoms with Gasteiger partial charge in [0, 0.05) is 44.1 Å². The minimum Gasteiger partial charge on any atom is -0.353 e. The second kappa shape index (κ2) is 12.6. The number of hydrogen-bond donors (Lipinski definition) is 1. The van der Waals surface area contributed by atoms with Gasteiger partial charge in [-0.3, -0.25) is 0 Å². The van der Waals surface area contributed by atoms with E-state index >= 15 is 0 Å². The van der Waals surface area contributed by atoms with Crippen molar-refractivity contribution in [3.8, 4) is 16.8 Å². The summed E-state index contributed by atoms with van der Waals surface area (Å²) in [7, 11) is 0. The number of allylic oxidation sites excluding steroid dienone is 4. The fourth-order valence-electron chi connectivity index (χ4n) is 7.62. The first-order valence-electron chi connectivity index (χ1n) is 17.3. The fraction of sp³-hybridized carbons (Fsp3) is 0. The van der Waals surface area contributed by atoms with Crippen molar-refractivity contribution in [1.29, 1.82) is 0 Å². The molecule has 0 radical (unpaired) electrons. The summed E-state index contributed by atoms with van der Waals surface area (Å²) < 4.78 is 2.42. The molecule has 1 N–H and O–H groups in total. The predicted octanol–water partition coefficient (Wildman–Crippen LogP) is 13.3. The van der Waals surface area contributed by atoms with Crippen LogP contribution in [0.5, 0.6) is 0 Å². The van der Waals surface area contributed by atoms with E-state index in [2.05, 4.69) is 191 Å². The van der Waals surface area contributed by atoms with E-state index in [1.807, 2.05) is 18.2 Å². The number of anilines is 3. The number of nitrogens with one attached hydrogen (secondary N) is 1. The molecular weight excluding hydrogens is 619 g/mol. The predicted molar refractivity (Wildman–Crippen MR) is 219 cm³/mol. The average Bonchev–Trinajstić information content (AvgIpc) is 3.74. The third kappa shape index (κ3) is 5.06. The monoisotopic (exact) mass is 653 g/mol. The van der Waals surface area contributed by atoms with Crippen molar-refractivity contribution in [2.45, 2.75) is 0 Å². The lowest BCUT2D eigenvalue weighted by atomic mass is 9.99. The van der Waals surface area contributed by atoms with E-state index in [4.69, 9.17) is 0 Å². The van der Waals surface area contributed by atoms with Crippen molar-refractivity contribution in [2.24, 2.45) is 0 Å². The van der Waals surface area contributed by atoms with Crippen LogP contribution in [0.1, 0.15) is 5.56 Å². The quantitative estimate of drug-likeness (QED) is 0.162. The van der Waals surface area contributed by atoms with Crippen molar-refractivity contribution in [3.63, 3.8) is 0 Å². The molecule has 7 aromatic carbocycles. The van der Waals surface area contributed by atoms with E-state index in [1.165, 1.54) is 32.7 Å². The Hall–Kier alpha value is -6.84. The van der Waals surface area contributed by atoms with Gasteiger partial charge in [-0.05, 0) is 76.9 Å². The molecule has 242 valence electrons. The summed E-state index contributed by atoms with van der Waals surface area (Å²) in [6.07, 6.45) is 5.78. The van der Waals surface area contributed by atoms with Crippen LogP contribution in [0.4, 0.5) is 17.1 Å². The number of aromatic nitrogens is 2. The standard InChI is InChI=1S/C48H35N3/c1-3-17-33(4-2)39-26-16-29-45-47(39)41-25-12-14-28-44(41)51(45)46-32-38(31-42-40-24-11-13-27-43(40)49-48(42)46)50(36-21-9-6-10-22-36)37-23-15-20-35(30-37)34-18-7-5-8-19-34/h3-32,49H,1-2H2/b33-17+. The molecule has 0 fully saturated rings. The maximum absolute atomic E-state index is 4.15. The van der Waals surface area contributed by atoms with E-state index in [-0.39, 0.29) is 0 Å². The number of fused-ring (bicyclic) bond motifs is 6. The summed E-state index contributed by atoms with van der Waals surface area (Å²) >= 11 is 0. The maximum Gasteiger partial charge on any atom is 0.0724 e. The lowest BCUT2D eigenvalue weighted by molar-refractivity contribution is 1.18. The Labute approximate surface area is 297 Å². The number of aromatic amines is 1. The van der Waals surface area contributed by atoms with Crippen LogP contribution >= 0.6 is 0 Å². The molecule has 2 heterocycles. The summed E-state index contributed by atoms with van der Waals surface area (Å²) in [5.41, 5.74) is 13.3. The maximum atomic E-state index is 4.15. The van der Waals surface area contributed by atoms with Crippen LogP contribution in [0.25, 0.3) is 66.0 Å². The molecule has 9 rings (SSSR count). The topological polar surface area (TPSA) is 24.0 Å². The van der Waals surface area contributed by atoms with Gasteiger partial charge in [0.15, 0.2) is 0 Å². The molecule has 51 heavy (non-hydrogen) atoms. The second-order valence-electron chi connectivity index (χ2n) is 12.8. The number of H-pyrrole nitrogens is 1. The molecule has 0 saturated heterocycles. The van der Waals surface area contributed by atoms with Crippen molar-refractivity contribution < 1.29 is 0 Å². The Morgan fingerprint density at radius 2 is 1.22 bits per heavy atom. The molecule has 0 bridgehead atoms. The van der Waals surface area contributed by atoms with Crippen molar-refractivity contribution in [2.75, 3.05) is 4.90 Å². The molecule has 0 spiro atoms. The van der Waals surface area contributed by atoms with E-state index in [1.54, 1.807) is 0 Å². The zero-order valence-electron chi connectivity index (χ0n) is 28.1. The van der Waals surface area contributed by atoms with Gasteiger partial charge in [0.05, 0.1) is 22.2 Å². The summed E-state index contributed by atoms with van der Waals surface area (Å²) in [5, 5.41) is 4.72. The highest BCUT2D eigenvalue weighted by Crippen LogP contribution is 2.44. The summed E-state index contributed by atoms with van der Waals surface area (Å²) in [5.74, 6) is 0. The highest BCUT2D eigenvalue weighted by atomic mass is 15.1. The highest BCUT2D eigenvalue weighted by Gasteiger charge is 2.22. The first kappa shape index (κ1) is 30.2. The van der Waals surface area contributed by atoms with Crippen LogP contribution in [0.2, 0.25) is 0 Å². The van der Waals surface area contributed by atoms with Crippen LogP contribution in [-0.4, -0.2) is 9.55 Å². The Kier molecular flexibility index (Phi) is 7.44. The second-order valence-corrected chi connectivity index (χ2v) is 12.8. The number of benzene rings is 7. The van der Waals surface area contributed by atoms with E-state index in [0.717, 1.165) is 56.0 Å². The van der Waals surface area contributed by atoms with Gasteiger partial charge in [-0.15, -0.1) is 0 Å². The lowest BCUT2D eigenvalue weighted by Gasteiger charge is -2.27. The molecule has 3 nitrogen and oxygen atoms in total. The zero-order chi connectivity index (χ0) is 34.3. The molecule has 0 saturated carbocycles. The van der Waals surface area contributed by atoms with Crippen LogP contribution in [-0.2, 0) is 0 Å². The van der Waals surface area contributed by atoms with Crippen LogP contribution in [0.3, 0.4) is 0 Å². The van der Waals surface area contributed by atoms with Gasteiger partial charge in [-0.2, -0.15) is 0 Å².